The lowest BCUT2D eigenvalue weighted by Gasteiger charge is -2.52. The summed E-state index contributed by atoms with van der Waals surface area (Å²) >= 11 is 0. The molecule has 2 bridgehead atoms. The largest absolute Gasteiger partial charge is 0.388 e. The number of hydrogen-bond acceptors (Lipinski definition) is 9. The van der Waals surface area contributed by atoms with E-state index >= 15 is 0 Å². The van der Waals surface area contributed by atoms with Crippen LogP contribution in [0.3, 0.4) is 0 Å². The van der Waals surface area contributed by atoms with Crippen LogP contribution in [0.1, 0.15) is 97.7 Å². The normalized spacial score (nSPS) is 27.8. The van der Waals surface area contributed by atoms with Gasteiger partial charge in [-0.1, -0.05) is 59.4 Å². The molecule has 8 atom stereocenters. The molecule has 1 aromatic rings. The van der Waals surface area contributed by atoms with Crippen molar-refractivity contribution in [1.29, 1.82) is 0 Å². The van der Waals surface area contributed by atoms with Crippen LogP contribution in [0.4, 0.5) is 0 Å². The Labute approximate surface area is 274 Å². The number of aromatic nitrogens is 1. The van der Waals surface area contributed by atoms with Crippen molar-refractivity contribution in [2.75, 3.05) is 19.6 Å². The maximum absolute atomic E-state index is 15.0. The van der Waals surface area contributed by atoms with Gasteiger partial charge in [-0.15, -0.1) is 0 Å². The van der Waals surface area contributed by atoms with Gasteiger partial charge in [0.05, 0.1) is 11.7 Å². The number of ketones is 1. The van der Waals surface area contributed by atoms with Gasteiger partial charge in [-0.2, -0.15) is 0 Å². The summed E-state index contributed by atoms with van der Waals surface area (Å²) in [5.41, 5.74) is 9.05. The molecule has 4 fully saturated rings. The van der Waals surface area contributed by atoms with Crippen LogP contribution < -0.4 is 22.1 Å². The van der Waals surface area contributed by atoms with Gasteiger partial charge >= 0.3 is 0 Å². The Morgan fingerprint density at radius 2 is 1.67 bits per heavy atom. The summed E-state index contributed by atoms with van der Waals surface area (Å²) in [6, 6.07) is 1.72. The van der Waals surface area contributed by atoms with Gasteiger partial charge in [-0.3, -0.25) is 19.4 Å². The third-order valence-corrected chi connectivity index (χ3v) is 11.6. The Bertz CT molecular complexity index is 1190. The number of hydrogen-bond donors (Lipinski definition) is 6. The number of carbonyl (C=O) groups is 3. The average molecular weight is 643 g/mol. The molecular formula is C35H58N6O5. The van der Waals surface area contributed by atoms with Gasteiger partial charge in [0.25, 0.3) is 0 Å². The van der Waals surface area contributed by atoms with Gasteiger partial charge in [-0.05, 0) is 81.5 Å². The highest BCUT2D eigenvalue weighted by molar-refractivity contribution is 6.08. The molecule has 11 heteroatoms. The van der Waals surface area contributed by atoms with Crippen LogP contribution in [0.2, 0.25) is 0 Å². The Morgan fingerprint density at radius 3 is 2.17 bits per heavy atom. The quantitative estimate of drug-likeness (QED) is 0.165. The highest BCUT2D eigenvalue weighted by Gasteiger charge is 2.64. The van der Waals surface area contributed by atoms with Gasteiger partial charge in [0.15, 0.2) is 11.2 Å². The van der Waals surface area contributed by atoms with Crippen molar-refractivity contribution < 1.29 is 24.6 Å². The molecule has 1 aliphatic carbocycles. The summed E-state index contributed by atoms with van der Waals surface area (Å²) in [7, 11) is 0. The zero-order valence-corrected chi connectivity index (χ0v) is 28.5. The van der Waals surface area contributed by atoms with Gasteiger partial charge in [-0.25, -0.2) is 0 Å². The second-order valence-electron chi connectivity index (χ2n) is 14.6. The third kappa shape index (κ3) is 6.90. The molecule has 46 heavy (non-hydrogen) atoms. The molecule has 11 nitrogen and oxygen atoms in total. The van der Waals surface area contributed by atoms with E-state index in [0.717, 1.165) is 45.2 Å². The zero-order valence-electron chi connectivity index (χ0n) is 28.5. The number of nitrogens with one attached hydrogen (secondary N) is 2. The van der Waals surface area contributed by atoms with Crippen molar-refractivity contribution in [3.05, 3.63) is 30.1 Å². The van der Waals surface area contributed by atoms with Crippen LogP contribution in [0.5, 0.6) is 0 Å². The number of pyridine rings is 1. The van der Waals surface area contributed by atoms with E-state index in [1.165, 1.54) is 6.20 Å². The minimum absolute atomic E-state index is 0.175. The number of fused-ring (bicyclic) bond motifs is 3. The second kappa shape index (κ2) is 15.2. The first-order chi connectivity index (χ1) is 21.8. The van der Waals surface area contributed by atoms with Crippen molar-refractivity contribution in [3.8, 4) is 0 Å². The second-order valence-corrected chi connectivity index (χ2v) is 14.6. The molecule has 4 aliphatic rings. The molecule has 5 rings (SSSR count). The summed E-state index contributed by atoms with van der Waals surface area (Å²) in [6.45, 7) is 11.4. The number of carbonyl (C=O) groups excluding carboxylic acids is 3. The SMILES string of the molecule is CC[C@H](C)[C@H](N)C(=O)C(NC(=O)[C@](C(=O)NC1CN2CCC1CC2)(C(C)C)[C@@H](O)[C@@](O)(C1CCCCC1)[C@H](C)N)c1ccccn1. The predicted molar refractivity (Wildman–Crippen MR) is 177 cm³/mol. The molecule has 0 spiro atoms. The lowest BCUT2D eigenvalue weighted by Crippen LogP contribution is -2.73. The smallest absolute Gasteiger partial charge is 0.239 e. The van der Waals surface area contributed by atoms with Crippen LogP contribution >= 0.6 is 0 Å². The Morgan fingerprint density at radius 1 is 1.02 bits per heavy atom. The molecule has 258 valence electrons. The zero-order chi connectivity index (χ0) is 33.8. The summed E-state index contributed by atoms with van der Waals surface area (Å²) in [5, 5.41) is 31.0. The number of nitrogens with two attached hydrogens (primary N) is 2. The van der Waals surface area contributed by atoms with Gasteiger partial charge in [0.1, 0.15) is 17.7 Å². The first kappa shape index (κ1) is 36.4. The molecule has 0 radical (unpaired) electrons. The fourth-order valence-electron chi connectivity index (χ4n) is 8.20. The lowest BCUT2D eigenvalue weighted by atomic mass is 9.59. The van der Waals surface area contributed by atoms with E-state index < -0.39 is 64.7 Å². The van der Waals surface area contributed by atoms with E-state index in [2.05, 4.69) is 20.5 Å². The van der Waals surface area contributed by atoms with Crippen molar-refractivity contribution in [2.45, 2.75) is 122 Å². The van der Waals surface area contributed by atoms with Crippen molar-refractivity contribution >= 4 is 17.6 Å². The van der Waals surface area contributed by atoms with Crippen LogP contribution in [0, 0.1) is 29.1 Å². The molecule has 1 aromatic heterocycles. The number of Topliss-reactive ketones (excluding diaryl/α,β-unsaturated/α-hetero) is 1. The highest BCUT2D eigenvalue weighted by Crippen LogP contribution is 2.46. The van der Waals surface area contributed by atoms with E-state index in [1.807, 2.05) is 13.8 Å². The predicted octanol–water partition coefficient (Wildman–Crippen LogP) is 2.05. The molecule has 4 heterocycles. The third-order valence-electron chi connectivity index (χ3n) is 11.6. The number of rotatable bonds is 14. The summed E-state index contributed by atoms with van der Waals surface area (Å²) < 4.78 is 0. The van der Waals surface area contributed by atoms with E-state index in [1.54, 1.807) is 39.0 Å². The first-order valence-corrected chi connectivity index (χ1v) is 17.5. The molecule has 1 saturated carbocycles. The van der Waals surface area contributed by atoms with Crippen molar-refractivity contribution in [3.63, 3.8) is 0 Å². The number of aliphatic hydroxyl groups is 2. The Kier molecular flexibility index (Phi) is 12.0. The van der Waals surface area contributed by atoms with E-state index in [4.69, 9.17) is 11.5 Å². The monoisotopic (exact) mass is 642 g/mol. The molecule has 0 aromatic carbocycles. The first-order valence-electron chi connectivity index (χ1n) is 17.5. The van der Waals surface area contributed by atoms with Crippen LogP contribution in [-0.4, -0.2) is 87.2 Å². The van der Waals surface area contributed by atoms with Crippen molar-refractivity contribution in [2.24, 2.45) is 40.6 Å². The maximum Gasteiger partial charge on any atom is 0.239 e. The number of aliphatic hydroxyl groups excluding tert-OH is 1. The fourth-order valence-corrected chi connectivity index (χ4v) is 8.20. The van der Waals surface area contributed by atoms with E-state index in [-0.39, 0.29) is 23.6 Å². The fraction of sp³-hybridized carbons (Fsp3) is 0.771. The number of nitrogens with zero attached hydrogens (tertiary/aromatic N) is 2. The Hall–Kier alpha value is -2.44. The molecule has 2 unspecified atom stereocenters. The molecule has 3 saturated heterocycles. The van der Waals surface area contributed by atoms with Crippen LogP contribution in [0.25, 0.3) is 0 Å². The summed E-state index contributed by atoms with van der Waals surface area (Å²) in [4.78, 5) is 50.4. The number of amides is 2. The molecule has 3 aliphatic heterocycles. The lowest BCUT2D eigenvalue weighted by molar-refractivity contribution is -0.198. The van der Waals surface area contributed by atoms with Gasteiger partial charge in [0, 0.05) is 24.8 Å². The van der Waals surface area contributed by atoms with Crippen LogP contribution in [-0.2, 0) is 14.4 Å². The standard InChI is InChI=1S/C35H58N6O5/c1-6-22(4)28(37)30(42)29(26-14-10-11-17-38-26)40-33(45)34(21(2)3,32(44)39-27-20-41-18-15-24(27)16-19-41)31(43)35(46,23(5)36)25-12-8-7-9-13-25/h10-11,14,17,21-25,27-29,31,43,46H,6-9,12-13,15-16,18-20,36-37H2,1-5H3,(H,39,44)(H,40,45)/t22-,23-,27?,28-,29?,31+,34+,35-/m0/s1. The van der Waals surface area contributed by atoms with Gasteiger partial charge < -0.3 is 37.2 Å². The topological polar surface area (TPSA) is 184 Å². The van der Waals surface area contributed by atoms with E-state index in [9.17, 15) is 24.6 Å². The van der Waals surface area contributed by atoms with Gasteiger partial charge in [0.2, 0.25) is 11.8 Å². The van der Waals surface area contributed by atoms with Crippen molar-refractivity contribution in [1.82, 2.24) is 20.5 Å². The minimum atomic E-state index is -2.19. The summed E-state index contributed by atoms with van der Waals surface area (Å²) in [6.07, 6.45) is 6.11. The molecule has 8 N–H and O–H groups in total. The Balaban J connectivity index is 1.82. The molecular weight excluding hydrogens is 584 g/mol. The number of piperidine rings is 3. The highest BCUT2D eigenvalue weighted by atomic mass is 16.3. The minimum Gasteiger partial charge on any atom is -0.388 e. The maximum atomic E-state index is 15.0. The average Bonchev–Trinajstić information content (AvgIpc) is 3.07. The van der Waals surface area contributed by atoms with E-state index in [0.29, 0.717) is 25.8 Å². The summed E-state index contributed by atoms with van der Waals surface area (Å²) in [5.74, 6) is -3.10. The molecule has 2 amide bonds. The van der Waals surface area contributed by atoms with Crippen LogP contribution in [0.15, 0.2) is 24.4 Å².